The smallest absolute Gasteiger partial charge is 0.277 e. The number of thioether (sulfide) groups is 1. The van der Waals surface area contributed by atoms with Crippen molar-refractivity contribution < 1.29 is 17.6 Å². The van der Waals surface area contributed by atoms with Crippen LogP contribution in [0.3, 0.4) is 0 Å². The summed E-state index contributed by atoms with van der Waals surface area (Å²) in [5.41, 5.74) is 0. The number of rotatable bonds is 5. The van der Waals surface area contributed by atoms with Gasteiger partial charge in [0.15, 0.2) is 9.84 Å². The van der Waals surface area contributed by atoms with E-state index in [2.05, 4.69) is 17.1 Å². The SMILES string of the molecule is CC1CCCN(C(=O)CSc2nnc(CC3CCS(=O)(=O)C3)o2)C1. The van der Waals surface area contributed by atoms with Crippen molar-refractivity contribution in [3.63, 3.8) is 0 Å². The van der Waals surface area contributed by atoms with Gasteiger partial charge >= 0.3 is 0 Å². The van der Waals surface area contributed by atoms with Crippen molar-refractivity contribution in [2.45, 2.75) is 37.8 Å². The zero-order chi connectivity index (χ0) is 17.2. The Labute approximate surface area is 146 Å². The molecule has 0 N–H and O–H groups in total. The zero-order valence-corrected chi connectivity index (χ0v) is 15.4. The molecule has 3 rings (SSSR count). The maximum absolute atomic E-state index is 12.2. The standard InChI is InChI=1S/C15H23N3O4S2/c1-11-3-2-5-18(8-11)14(19)9-23-15-17-16-13(22-15)7-12-4-6-24(20,21)10-12/h11-12H,2-10H2,1H3. The second-order valence-electron chi connectivity index (χ2n) is 6.81. The molecule has 7 nitrogen and oxygen atoms in total. The van der Waals surface area contributed by atoms with Gasteiger partial charge in [-0.15, -0.1) is 10.2 Å². The first-order valence-electron chi connectivity index (χ1n) is 8.34. The lowest BCUT2D eigenvalue weighted by Gasteiger charge is -2.30. The van der Waals surface area contributed by atoms with E-state index in [4.69, 9.17) is 4.42 Å². The van der Waals surface area contributed by atoms with Crippen molar-refractivity contribution in [3.8, 4) is 0 Å². The average Bonchev–Trinajstić information content (AvgIpc) is 3.11. The number of piperidine rings is 1. The van der Waals surface area contributed by atoms with Crippen molar-refractivity contribution in [1.82, 2.24) is 15.1 Å². The van der Waals surface area contributed by atoms with Crippen LogP contribution >= 0.6 is 11.8 Å². The van der Waals surface area contributed by atoms with Crippen LogP contribution in [0.15, 0.2) is 9.64 Å². The lowest BCUT2D eigenvalue weighted by Crippen LogP contribution is -2.40. The predicted molar refractivity (Wildman–Crippen MR) is 90.5 cm³/mol. The Morgan fingerprint density at radius 2 is 2.21 bits per heavy atom. The molecule has 2 aliphatic heterocycles. The number of likely N-dealkylation sites (tertiary alicyclic amines) is 1. The summed E-state index contributed by atoms with van der Waals surface area (Å²) in [6.07, 6.45) is 3.39. The van der Waals surface area contributed by atoms with Gasteiger partial charge in [-0.3, -0.25) is 4.79 Å². The number of amides is 1. The summed E-state index contributed by atoms with van der Waals surface area (Å²) in [6, 6.07) is 0. The summed E-state index contributed by atoms with van der Waals surface area (Å²) in [4.78, 5) is 14.1. The highest BCUT2D eigenvalue weighted by atomic mass is 32.2. The molecule has 2 fully saturated rings. The Morgan fingerprint density at radius 1 is 1.38 bits per heavy atom. The molecule has 9 heteroatoms. The van der Waals surface area contributed by atoms with Gasteiger partial charge in [-0.05, 0) is 31.1 Å². The van der Waals surface area contributed by atoms with E-state index in [0.717, 1.165) is 19.5 Å². The molecular formula is C15H23N3O4S2. The summed E-state index contributed by atoms with van der Waals surface area (Å²) in [5, 5.41) is 8.30. The topological polar surface area (TPSA) is 93.4 Å². The number of sulfone groups is 1. The third-order valence-electron chi connectivity index (χ3n) is 4.57. The van der Waals surface area contributed by atoms with Gasteiger partial charge in [-0.2, -0.15) is 0 Å². The molecule has 0 bridgehead atoms. The van der Waals surface area contributed by atoms with Crippen LogP contribution in [0.2, 0.25) is 0 Å². The van der Waals surface area contributed by atoms with Gasteiger partial charge in [-0.1, -0.05) is 18.7 Å². The minimum Gasteiger partial charge on any atom is -0.416 e. The summed E-state index contributed by atoms with van der Waals surface area (Å²) in [6.45, 7) is 3.82. The van der Waals surface area contributed by atoms with Crippen LogP contribution < -0.4 is 0 Å². The Balaban J connectivity index is 1.47. The summed E-state index contributed by atoms with van der Waals surface area (Å²) < 4.78 is 28.5. The Morgan fingerprint density at radius 3 is 2.92 bits per heavy atom. The molecule has 134 valence electrons. The van der Waals surface area contributed by atoms with E-state index in [1.54, 1.807) is 0 Å². The molecule has 24 heavy (non-hydrogen) atoms. The molecule has 2 unspecified atom stereocenters. The molecule has 3 heterocycles. The van der Waals surface area contributed by atoms with Crippen LogP contribution in [0.5, 0.6) is 0 Å². The van der Waals surface area contributed by atoms with Crippen LogP contribution in [0.25, 0.3) is 0 Å². The van der Waals surface area contributed by atoms with Crippen molar-refractivity contribution in [2.24, 2.45) is 11.8 Å². The highest BCUT2D eigenvalue weighted by molar-refractivity contribution is 7.99. The second kappa shape index (κ2) is 7.43. The van der Waals surface area contributed by atoms with Crippen molar-refractivity contribution in [1.29, 1.82) is 0 Å². The van der Waals surface area contributed by atoms with E-state index >= 15 is 0 Å². The number of aromatic nitrogens is 2. The fourth-order valence-electron chi connectivity index (χ4n) is 3.29. The first-order chi connectivity index (χ1) is 11.4. The van der Waals surface area contributed by atoms with Gasteiger partial charge in [0.1, 0.15) is 0 Å². The average molecular weight is 374 g/mol. The molecule has 2 atom stereocenters. The third kappa shape index (κ3) is 4.72. The molecule has 2 aliphatic rings. The minimum absolute atomic E-state index is 0.0600. The molecule has 0 aromatic carbocycles. The summed E-state index contributed by atoms with van der Waals surface area (Å²) in [5.74, 6) is 1.92. The molecule has 1 aromatic heterocycles. The van der Waals surface area contributed by atoms with E-state index < -0.39 is 9.84 Å². The Kier molecular flexibility index (Phi) is 5.49. The number of carbonyl (C=O) groups excluding carboxylic acids is 1. The first-order valence-corrected chi connectivity index (χ1v) is 11.2. The highest BCUT2D eigenvalue weighted by Crippen LogP contribution is 2.24. The van der Waals surface area contributed by atoms with E-state index in [1.807, 2.05) is 4.90 Å². The Bertz CT molecular complexity index is 689. The lowest BCUT2D eigenvalue weighted by molar-refractivity contribution is -0.130. The minimum atomic E-state index is -2.89. The fourth-order valence-corrected chi connectivity index (χ4v) is 5.83. The predicted octanol–water partition coefficient (Wildman–Crippen LogP) is 1.40. The van der Waals surface area contributed by atoms with E-state index in [0.29, 0.717) is 35.6 Å². The highest BCUT2D eigenvalue weighted by Gasteiger charge is 2.29. The molecule has 0 saturated carbocycles. The van der Waals surface area contributed by atoms with Gasteiger partial charge < -0.3 is 9.32 Å². The third-order valence-corrected chi connectivity index (χ3v) is 7.21. The van der Waals surface area contributed by atoms with Crippen LogP contribution in [-0.4, -0.2) is 59.8 Å². The van der Waals surface area contributed by atoms with Gasteiger partial charge in [0.05, 0.1) is 17.3 Å². The van der Waals surface area contributed by atoms with Gasteiger partial charge in [0.25, 0.3) is 5.22 Å². The summed E-state index contributed by atoms with van der Waals surface area (Å²) in [7, 11) is -2.89. The normalized spacial score (nSPS) is 26.6. The fraction of sp³-hybridized carbons (Fsp3) is 0.800. The first kappa shape index (κ1) is 17.7. The van der Waals surface area contributed by atoms with Crippen LogP contribution in [-0.2, 0) is 21.1 Å². The van der Waals surface area contributed by atoms with Gasteiger partial charge in [0, 0.05) is 19.5 Å². The zero-order valence-electron chi connectivity index (χ0n) is 13.8. The molecule has 1 amide bonds. The van der Waals surface area contributed by atoms with Crippen molar-refractivity contribution in [3.05, 3.63) is 5.89 Å². The van der Waals surface area contributed by atoms with Crippen molar-refractivity contribution in [2.75, 3.05) is 30.3 Å². The van der Waals surface area contributed by atoms with Crippen LogP contribution in [0, 0.1) is 11.8 Å². The van der Waals surface area contributed by atoms with Gasteiger partial charge in [0.2, 0.25) is 11.8 Å². The van der Waals surface area contributed by atoms with E-state index in [1.165, 1.54) is 18.2 Å². The maximum atomic E-state index is 12.2. The van der Waals surface area contributed by atoms with Crippen LogP contribution in [0.4, 0.5) is 0 Å². The number of hydrogen-bond donors (Lipinski definition) is 0. The molecular weight excluding hydrogens is 350 g/mol. The Hall–Kier alpha value is -1.09. The summed E-state index contributed by atoms with van der Waals surface area (Å²) >= 11 is 1.25. The van der Waals surface area contributed by atoms with Crippen molar-refractivity contribution >= 4 is 27.5 Å². The largest absolute Gasteiger partial charge is 0.416 e. The molecule has 0 aliphatic carbocycles. The molecule has 0 radical (unpaired) electrons. The number of nitrogens with zero attached hydrogens (tertiary/aromatic N) is 3. The number of carbonyl (C=O) groups is 1. The maximum Gasteiger partial charge on any atom is 0.277 e. The molecule has 0 spiro atoms. The lowest BCUT2D eigenvalue weighted by atomic mass is 10.0. The molecule has 2 saturated heterocycles. The number of hydrogen-bond acceptors (Lipinski definition) is 7. The quantitative estimate of drug-likeness (QED) is 0.720. The van der Waals surface area contributed by atoms with Gasteiger partial charge in [-0.25, -0.2) is 8.42 Å². The van der Waals surface area contributed by atoms with E-state index in [-0.39, 0.29) is 23.3 Å². The van der Waals surface area contributed by atoms with Crippen LogP contribution in [0.1, 0.15) is 32.1 Å². The molecule has 1 aromatic rings. The van der Waals surface area contributed by atoms with E-state index in [9.17, 15) is 13.2 Å². The second-order valence-corrected chi connectivity index (χ2v) is 9.97. The monoisotopic (exact) mass is 373 g/mol.